The van der Waals surface area contributed by atoms with Crippen LogP contribution in [0.4, 0.5) is 4.39 Å². The summed E-state index contributed by atoms with van der Waals surface area (Å²) in [6, 6.07) is 7.50. The zero-order chi connectivity index (χ0) is 18.7. The Labute approximate surface area is 149 Å². The number of hydrogen-bond donors (Lipinski definition) is 0. The minimum atomic E-state index is -0.430. The molecule has 7 nitrogen and oxygen atoms in total. The number of ether oxygens (including phenoxy) is 1. The average Bonchev–Trinajstić information content (AvgIpc) is 3.21. The van der Waals surface area contributed by atoms with Crippen LogP contribution in [-0.4, -0.2) is 35.2 Å². The van der Waals surface area contributed by atoms with Gasteiger partial charge in [-0.1, -0.05) is 0 Å². The number of carbonyl (C=O) groups excluding carboxylic acids is 1. The summed E-state index contributed by atoms with van der Waals surface area (Å²) in [6.45, 7) is 2.55. The molecule has 0 atom stereocenters. The van der Waals surface area contributed by atoms with E-state index < -0.39 is 5.97 Å². The van der Waals surface area contributed by atoms with Gasteiger partial charge in [0.2, 0.25) is 11.8 Å². The second-order valence-electron chi connectivity index (χ2n) is 5.85. The third kappa shape index (κ3) is 3.97. The molecule has 3 rings (SSSR count). The number of hydrogen-bond acceptors (Lipinski definition) is 7. The molecule has 0 spiro atoms. The molecule has 26 heavy (non-hydrogen) atoms. The molecule has 3 aromatic rings. The first-order chi connectivity index (χ1) is 12.5. The summed E-state index contributed by atoms with van der Waals surface area (Å²) in [5.41, 5.74) is 1.06. The second kappa shape index (κ2) is 7.49. The predicted molar refractivity (Wildman–Crippen MR) is 89.6 cm³/mol. The molecule has 0 aliphatic carbocycles. The van der Waals surface area contributed by atoms with Gasteiger partial charge in [0.15, 0.2) is 0 Å². The Balaban J connectivity index is 1.64. The number of halogens is 1. The zero-order valence-corrected chi connectivity index (χ0v) is 14.7. The summed E-state index contributed by atoms with van der Waals surface area (Å²) in [6.07, 6.45) is 0. The van der Waals surface area contributed by atoms with E-state index in [2.05, 4.69) is 10.2 Å². The number of rotatable bonds is 6. The molecule has 0 radical (unpaired) electrons. The molecule has 0 aliphatic rings. The van der Waals surface area contributed by atoms with E-state index in [-0.39, 0.29) is 5.82 Å². The molecule has 0 N–H and O–H groups in total. The molecule has 8 heteroatoms. The first kappa shape index (κ1) is 17.8. The molecule has 0 aliphatic heterocycles. The molecular formula is C18H18FN3O4. The number of furan rings is 1. The first-order valence-corrected chi connectivity index (χ1v) is 7.90. The summed E-state index contributed by atoms with van der Waals surface area (Å²) in [7, 11) is 3.19. The quantitative estimate of drug-likeness (QED) is 0.625. The zero-order valence-electron chi connectivity index (χ0n) is 14.7. The van der Waals surface area contributed by atoms with E-state index in [1.54, 1.807) is 25.1 Å². The monoisotopic (exact) mass is 359 g/mol. The van der Waals surface area contributed by atoms with Gasteiger partial charge in [-0.2, -0.15) is 0 Å². The number of esters is 1. The van der Waals surface area contributed by atoms with Gasteiger partial charge in [0.05, 0.1) is 20.2 Å². The predicted octanol–water partition coefficient (Wildman–Crippen LogP) is 3.20. The topological polar surface area (TPSA) is 81.6 Å². The van der Waals surface area contributed by atoms with E-state index in [9.17, 15) is 9.18 Å². The molecule has 2 heterocycles. The minimum Gasteiger partial charge on any atom is -0.465 e. The van der Waals surface area contributed by atoms with Crippen LogP contribution >= 0.6 is 0 Å². The lowest BCUT2D eigenvalue weighted by molar-refractivity contribution is 0.0599. The summed E-state index contributed by atoms with van der Waals surface area (Å²) < 4.78 is 28.9. The molecule has 1 aromatic carbocycles. The second-order valence-corrected chi connectivity index (χ2v) is 5.85. The van der Waals surface area contributed by atoms with Crippen molar-refractivity contribution in [3.05, 3.63) is 59.1 Å². The van der Waals surface area contributed by atoms with Crippen molar-refractivity contribution in [2.45, 2.75) is 20.0 Å². The van der Waals surface area contributed by atoms with Crippen molar-refractivity contribution in [2.75, 3.05) is 14.2 Å². The largest absolute Gasteiger partial charge is 0.465 e. The van der Waals surface area contributed by atoms with Gasteiger partial charge >= 0.3 is 5.97 Å². The Bertz CT molecular complexity index is 902. The van der Waals surface area contributed by atoms with Crippen LogP contribution in [0.1, 0.15) is 27.8 Å². The normalized spacial score (nSPS) is 11.1. The maximum atomic E-state index is 13.0. The molecule has 0 saturated heterocycles. The maximum absolute atomic E-state index is 13.0. The molecule has 136 valence electrons. The van der Waals surface area contributed by atoms with Crippen LogP contribution in [0.15, 0.2) is 39.2 Å². The van der Waals surface area contributed by atoms with E-state index in [1.165, 1.54) is 19.2 Å². The lowest BCUT2D eigenvalue weighted by Crippen LogP contribution is -2.17. The van der Waals surface area contributed by atoms with Gasteiger partial charge < -0.3 is 13.6 Å². The number of carbonyl (C=O) groups is 1. The van der Waals surface area contributed by atoms with Gasteiger partial charge in [-0.15, -0.1) is 10.2 Å². The third-order valence-corrected chi connectivity index (χ3v) is 3.76. The Kier molecular flexibility index (Phi) is 5.13. The van der Waals surface area contributed by atoms with Gasteiger partial charge in [-0.3, -0.25) is 4.90 Å². The summed E-state index contributed by atoms with van der Waals surface area (Å²) in [4.78, 5) is 13.5. The standard InChI is InChI=1S/C18H18FN3O4/c1-11-15(18(23)24-3)8-14(25-11)9-22(2)10-16-20-21-17(26-16)12-4-6-13(19)7-5-12/h4-8H,9-10H2,1-3H3. The van der Waals surface area contributed by atoms with Crippen molar-refractivity contribution in [1.82, 2.24) is 15.1 Å². The van der Waals surface area contributed by atoms with Gasteiger partial charge in [-0.25, -0.2) is 9.18 Å². The van der Waals surface area contributed by atoms with Crippen LogP contribution in [0.5, 0.6) is 0 Å². The third-order valence-electron chi connectivity index (χ3n) is 3.76. The summed E-state index contributed by atoms with van der Waals surface area (Å²) in [5.74, 6) is 1.13. The Morgan fingerprint density at radius 1 is 1.19 bits per heavy atom. The highest BCUT2D eigenvalue weighted by Gasteiger charge is 2.17. The van der Waals surface area contributed by atoms with Crippen molar-refractivity contribution in [2.24, 2.45) is 0 Å². The van der Waals surface area contributed by atoms with E-state index in [4.69, 9.17) is 13.6 Å². The van der Waals surface area contributed by atoms with Crippen LogP contribution in [0.3, 0.4) is 0 Å². The Morgan fingerprint density at radius 3 is 2.62 bits per heavy atom. The molecule has 0 unspecified atom stereocenters. The average molecular weight is 359 g/mol. The fourth-order valence-corrected chi connectivity index (χ4v) is 2.51. The molecule has 0 fully saturated rings. The van der Waals surface area contributed by atoms with Crippen LogP contribution < -0.4 is 0 Å². The molecule has 0 bridgehead atoms. The van der Waals surface area contributed by atoms with Crippen molar-refractivity contribution in [3.63, 3.8) is 0 Å². The highest BCUT2D eigenvalue weighted by molar-refractivity contribution is 5.90. The summed E-state index contributed by atoms with van der Waals surface area (Å²) >= 11 is 0. The van der Waals surface area contributed by atoms with Gasteiger partial charge in [0.1, 0.15) is 22.9 Å². The van der Waals surface area contributed by atoms with Gasteiger partial charge in [0.25, 0.3) is 0 Å². The maximum Gasteiger partial charge on any atom is 0.341 e. The number of aryl methyl sites for hydroxylation is 1. The van der Waals surface area contributed by atoms with Gasteiger partial charge in [0, 0.05) is 5.56 Å². The first-order valence-electron chi connectivity index (χ1n) is 7.90. The van der Waals surface area contributed by atoms with Crippen LogP contribution in [0, 0.1) is 12.7 Å². The Morgan fingerprint density at radius 2 is 1.92 bits per heavy atom. The smallest absolute Gasteiger partial charge is 0.341 e. The van der Waals surface area contributed by atoms with Crippen molar-refractivity contribution < 1.29 is 22.8 Å². The van der Waals surface area contributed by atoms with Crippen molar-refractivity contribution >= 4 is 5.97 Å². The highest BCUT2D eigenvalue weighted by Crippen LogP contribution is 2.20. The fraction of sp³-hybridized carbons (Fsp3) is 0.278. The molecular weight excluding hydrogens is 341 g/mol. The number of benzene rings is 1. The summed E-state index contributed by atoms with van der Waals surface area (Å²) in [5, 5.41) is 7.98. The minimum absolute atomic E-state index is 0.326. The highest BCUT2D eigenvalue weighted by atomic mass is 19.1. The molecule has 2 aromatic heterocycles. The molecule has 0 amide bonds. The lowest BCUT2D eigenvalue weighted by atomic mass is 10.2. The SMILES string of the molecule is COC(=O)c1cc(CN(C)Cc2nnc(-c3ccc(F)cc3)o2)oc1C. The van der Waals surface area contributed by atoms with Crippen molar-refractivity contribution in [3.8, 4) is 11.5 Å². The lowest BCUT2D eigenvalue weighted by Gasteiger charge is -2.11. The van der Waals surface area contributed by atoms with E-state index in [0.717, 1.165) is 0 Å². The molecule has 0 saturated carbocycles. The van der Waals surface area contributed by atoms with E-state index in [0.29, 0.717) is 47.5 Å². The van der Waals surface area contributed by atoms with Gasteiger partial charge in [-0.05, 0) is 44.3 Å². The van der Waals surface area contributed by atoms with Crippen LogP contribution in [-0.2, 0) is 17.8 Å². The van der Waals surface area contributed by atoms with Crippen molar-refractivity contribution in [1.29, 1.82) is 0 Å². The van der Waals surface area contributed by atoms with Crippen LogP contribution in [0.2, 0.25) is 0 Å². The number of aromatic nitrogens is 2. The number of methoxy groups -OCH3 is 1. The fourth-order valence-electron chi connectivity index (χ4n) is 2.51. The van der Waals surface area contributed by atoms with E-state index in [1.807, 2.05) is 11.9 Å². The number of nitrogens with zero attached hydrogens (tertiary/aromatic N) is 3. The van der Waals surface area contributed by atoms with Crippen LogP contribution in [0.25, 0.3) is 11.5 Å². The van der Waals surface area contributed by atoms with E-state index >= 15 is 0 Å². The Hall–Kier alpha value is -3.00.